The van der Waals surface area contributed by atoms with Gasteiger partial charge in [-0.2, -0.15) is 0 Å². The minimum atomic E-state index is 0.788. The van der Waals surface area contributed by atoms with Gasteiger partial charge in [-0.25, -0.2) is 0 Å². The van der Waals surface area contributed by atoms with Crippen LogP contribution in [0.3, 0.4) is 0 Å². The Balaban J connectivity index is 2.04. The molecule has 2 N–H and O–H groups in total. The van der Waals surface area contributed by atoms with Gasteiger partial charge < -0.3 is 5.73 Å². The number of hydrogen-bond acceptors (Lipinski definition) is 2. The third-order valence-corrected chi connectivity index (χ3v) is 4.38. The van der Waals surface area contributed by atoms with Crippen molar-refractivity contribution in [1.29, 1.82) is 0 Å². The fraction of sp³-hybridized carbons (Fsp3) is 0.571. The van der Waals surface area contributed by atoms with Gasteiger partial charge in [0.05, 0.1) is 0 Å². The zero-order chi connectivity index (χ0) is 12.3. The minimum Gasteiger partial charge on any atom is -0.398 e. The Morgan fingerprint density at radius 1 is 1.35 bits per heavy atom. The monoisotopic (exact) mass is 296 g/mol. The first-order chi connectivity index (χ1) is 8.20. The van der Waals surface area contributed by atoms with E-state index in [9.17, 15) is 0 Å². The number of halogens is 1. The number of rotatable bonds is 4. The molecule has 94 valence electrons. The summed E-state index contributed by atoms with van der Waals surface area (Å²) in [6.45, 7) is 4.43. The van der Waals surface area contributed by atoms with Gasteiger partial charge in [0.15, 0.2) is 0 Å². The Bertz CT molecular complexity index is 372. The summed E-state index contributed by atoms with van der Waals surface area (Å²) in [6.07, 6.45) is 5.52. The summed E-state index contributed by atoms with van der Waals surface area (Å²) < 4.78 is 1.01. The standard InChI is InChI=1S/C14H21BrN2/c1-2-17(12-5-3-4-6-12)10-11-7-8-14(16)13(15)9-11/h7-9,12H,2-6,10,16H2,1H3. The lowest BCUT2D eigenvalue weighted by Gasteiger charge is -2.27. The molecule has 0 saturated heterocycles. The number of benzene rings is 1. The molecule has 0 atom stereocenters. The average molecular weight is 297 g/mol. The summed E-state index contributed by atoms with van der Waals surface area (Å²) in [5.74, 6) is 0. The molecule has 0 heterocycles. The summed E-state index contributed by atoms with van der Waals surface area (Å²) in [4.78, 5) is 2.59. The largest absolute Gasteiger partial charge is 0.398 e. The van der Waals surface area contributed by atoms with Crippen LogP contribution in [0.2, 0.25) is 0 Å². The molecule has 0 amide bonds. The van der Waals surface area contributed by atoms with E-state index in [1.807, 2.05) is 6.07 Å². The van der Waals surface area contributed by atoms with Crippen LogP contribution in [0, 0.1) is 0 Å². The molecule has 1 aromatic rings. The molecule has 17 heavy (non-hydrogen) atoms. The Hall–Kier alpha value is -0.540. The highest BCUT2D eigenvalue weighted by Crippen LogP contribution is 2.26. The Labute approximate surface area is 112 Å². The highest BCUT2D eigenvalue weighted by Gasteiger charge is 2.21. The van der Waals surface area contributed by atoms with Gasteiger partial charge in [-0.1, -0.05) is 25.8 Å². The van der Waals surface area contributed by atoms with E-state index in [1.165, 1.54) is 31.2 Å². The van der Waals surface area contributed by atoms with Crippen LogP contribution < -0.4 is 5.73 Å². The summed E-state index contributed by atoms with van der Waals surface area (Å²) in [7, 11) is 0. The molecule has 1 saturated carbocycles. The Kier molecular flexibility index (Phi) is 4.46. The highest BCUT2D eigenvalue weighted by molar-refractivity contribution is 9.10. The molecule has 0 unspecified atom stereocenters. The van der Waals surface area contributed by atoms with E-state index >= 15 is 0 Å². The van der Waals surface area contributed by atoms with Gasteiger partial charge in [-0.3, -0.25) is 4.90 Å². The van der Waals surface area contributed by atoms with E-state index in [4.69, 9.17) is 5.73 Å². The smallest absolute Gasteiger partial charge is 0.0458 e. The van der Waals surface area contributed by atoms with Crippen molar-refractivity contribution in [2.45, 2.75) is 45.2 Å². The van der Waals surface area contributed by atoms with Crippen LogP contribution in [0.1, 0.15) is 38.2 Å². The quantitative estimate of drug-likeness (QED) is 0.857. The molecular formula is C14H21BrN2. The summed E-state index contributed by atoms with van der Waals surface area (Å²) in [5, 5.41) is 0. The van der Waals surface area contributed by atoms with E-state index in [-0.39, 0.29) is 0 Å². The number of hydrogen-bond donors (Lipinski definition) is 1. The predicted molar refractivity (Wildman–Crippen MR) is 76.9 cm³/mol. The third-order valence-electron chi connectivity index (χ3n) is 3.70. The van der Waals surface area contributed by atoms with Crippen LogP contribution >= 0.6 is 15.9 Å². The molecule has 1 aliphatic carbocycles. The fourth-order valence-electron chi connectivity index (χ4n) is 2.67. The van der Waals surface area contributed by atoms with Crippen molar-refractivity contribution in [2.24, 2.45) is 0 Å². The molecule has 0 aliphatic heterocycles. The molecule has 2 nitrogen and oxygen atoms in total. The lowest BCUT2D eigenvalue weighted by Crippen LogP contribution is -2.32. The van der Waals surface area contributed by atoms with Crippen LogP contribution in [-0.4, -0.2) is 17.5 Å². The van der Waals surface area contributed by atoms with E-state index in [0.717, 1.165) is 29.3 Å². The van der Waals surface area contributed by atoms with Crippen LogP contribution in [0.5, 0.6) is 0 Å². The number of nitrogens with two attached hydrogens (primary N) is 1. The van der Waals surface area contributed by atoms with E-state index in [0.29, 0.717) is 0 Å². The Morgan fingerprint density at radius 3 is 2.65 bits per heavy atom. The second-order valence-corrected chi connectivity index (χ2v) is 5.71. The van der Waals surface area contributed by atoms with Crippen molar-refractivity contribution in [3.05, 3.63) is 28.2 Å². The molecule has 0 radical (unpaired) electrons. The zero-order valence-electron chi connectivity index (χ0n) is 10.5. The average Bonchev–Trinajstić information content (AvgIpc) is 2.84. The molecule has 2 rings (SSSR count). The maximum atomic E-state index is 5.81. The molecule has 1 aliphatic rings. The first kappa shape index (κ1) is 12.9. The van der Waals surface area contributed by atoms with Crippen LogP contribution in [0.15, 0.2) is 22.7 Å². The van der Waals surface area contributed by atoms with Gasteiger partial charge in [-0.15, -0.1) is 0 Å². The molecule has 3 heteroatoms. The molecule has 1 aromatic carbocycles. The van der Waals surface area contributed by atoms with Crippen molar-refractivity contribution in [3.8, 4) is 0 Å². The number of anilines is 1. The first-order valence-electron chi connectivity index (χ1n) is 6.48. The van der Waals surface area contributed by atoms with Crippen molar-refractivity contribution in [1.82, 2.24) is 4.90 Å². The van der Waals surface area contributed by atoms with E-state index in [2.05, 4.69) is 39.9 Å². The van der Waals surface area contributed by atoms with E-state index < -0.39 is 0 Å². The van der Waals surface area contributed by atoms with Crippen molar-refractivity contribution in [3.63, 3.8) is 0 Å². The molecular weight excluding hydrogens is 276 g/mol. The predicted octanol–water partition coefficient (Wildman–Crippen LogP) is 3.80. The van der Waals surface area contributed by atoms with Crippen molar-refractivity contribution in [2.75, 3.05) is 12.3 Å². The van der Waals surface area contributed by atoms with Gasteiger partial charge in [0.2, 0.25) is 0 Å². The highest BCUT2D eigenvalue weighted by atomic mass is 79.9. The maximum absolute atomic E-state index is 5.81. The van der Waals surface area contributed by atoms with Crippen LogP contribution in [-0.2, 0) is 6.54 Å². The van der Waals surface area contributed by atoms with Gasteiger partial charge in [0, 0.05) is 22.7 Å². The fourth-order valence-corrected chi connectivity index (χ4v) is 3.10. The zero-order valence-corrected chi connectivity index (χ0v) is 12.0. The SMILES string of the molecule is CCN(Cc1ccc(N)c(Br)c1)C1CCCC1. The summed E-state index contributed by atoms with van der Waals surface area (Å²) in [6, 6.07) is 7.06. The molecule has 1 fully saturated rings. The topological polar surface area (TPSA) is 29.3 Å². The van der Waals surface area contributed by atoms with Gasteiger partial charge >= 0.3 is 0 Å². The van der Waals surface area contributed by atoms with E-state index in [1.54, 1.807) is 0 Å². The lowest BCUT2D eigenvalue weighted by atomic mass is 10.1. The van der Waals surface area contributed by atoms with Gasteiger partial charge in [0.25, 0.3) is 0 Å². The van der Waals surface area contributed by atoms with Crippen molar-refractivity contribution < 1.29 is 0 Å². The molecule has 0 spiro atoms. The maximum Gasteiger partial charge on any atom is 0.0458 e. The number of nitrogens with zero attached hydrogens (tertiary/aromatic N) is 1. The van der Waals surface area contributed by atoms with Crippen LogP contribution in [0.25, 0.3) is 0 Å². The second-order valence-electron chi connectivity index (χ2n) is 4.86. The first-order valence-corrected chi connectivity index (χ1v) is 7.28. The summed E-state index contributed by atoms with van der Waals surface area (Å²) >= 11 is 3.50. The molecule has 0 bridgehead atoms. The second kappa shape index (κ2) is 5.87. The normalized spacial score (nSPS) is 16.9. The molecule has 0 aromatic heterocycles. The van der Waals surface area contributed by atoms with Gasteiger partial charge in [-0.05, 0) is 53.0 Å². The van der Waals surface area contributed by atoms with Crippen LogP contribution in [0.4, 0.5) is 5.69 Å². The summed E-state index contributed by atoms with van der Waals surface area (Å²) in [5.41, 5.74) is 7.98. The lowest BCUT2D eigenvalue weighted by molar-refractivity contribution is 0.200. The third kappa shape index (κ3) is 3.23. The Morgan fingerprint density at radius 2 is 2.06 bits per heavy atom. The van der Waals surface area contributed by atoms with Gasteiger partial charge in [0.1, 0.15) is 0 Å². The van der Waals surface area contributed by atoms with Crippen molar-refractivity contribution >= 4 is 21.6 Å². The number of nitrogen functional groups attached to an aromatic ring is 1. The minimum absolute atomic E-state index is 0.788.